The highest BCUT2D eigenvalue weighted by Gasteiger charge is 2.01. The molecule has 16 heavy (non-hydrogen) atoms. The number of hydrogen-bond acceptors (Lipinski definition) is 3. The summed E-state index contributed by atoms with van der Waals surface area (Å²) in [4.78, 5) is 9.62. The molecule has 0 saturated heterocycles. The molecule has 1 aromatic rings. The van der Waals surface area contributed by atoms with Crippen molar-refractivity contribution in [1.82, 2.24) is 20.2 Å². The monoisotopic (exact) mass is 224 g/mol. The third kappa shape index (κ3) is 5.28. The number of H-pyrrole nitrogens is 1. The molecule has 0 radical (unpaired) electrons. The fraction of sp³-hybridized carbons (Fsp3) is 0.750. The van der Waals surface area contributed by atoms with Crippen LogP contribution in [0.5, 0.6) is 0 Å². The lowest BCUT2D eigenvalue weighted by Crippen LogP contribution is -2.27. The van der Waals surface area contributed by atoms with Gasteiger partial charge in [-0.05, 0) is 46.8 Å². The summed E-state index contributed by atoms with van der Waals surface area (Å²) < 4.78 is 0. The molecule has 0 spiro atoms. The Balaban J connectivity index is 1.92. The molecule has 4 nitrogen and oxygen atoms in total. The molecular formula is C12H24N4. The van der Waals surface area contributed by atoms with Crippen molar-refractivity contribution in [3.8, 4) is 0 Å². The Bertz CT molecular complexity index is 256. The van der Waals surface area contributed by atoms with E-state index in [0.29, 0.717) is 6.04 Å². The SMILES string of the molecule is CC(C)N(C)CCCCNCc1ncc[nH]1. The first-order valence-corrected chi connectivity index (χ1v) is 6.09. The van der Waals surface area contributed by atoms with E-state index >= 15 is 0 Å². The minimum Gasteiger partial charge on any atom is -0.348 e. The zero-order valence-electron chi connectivity index (χ0n) is 10.7. The van der Waals surface area contributed by atoms with E-state index in [1.165, 1.54) is 19.4 Å². The number of aromatic amines is 1. The van der Waals surface area contributed by atoms with Crippen molar-refractivity contribution >= 4 is 0 Å². The highest BCUT2D eigenvalue weighted by molar-refractivity contribution is 4.85. The molecule has 4 heteroatoms. The van der Waals surface area contributed by atoms with Gasteiger partial charge in [-0.1, -0.05) is 0 Å². The smallest absolute Gasteiger partial charge is 0.120 e. The number of rotatable bonds is 8. The highest BCUT2D eigenvalue weighted by Crippen LogP contribution is 1.97. The Morgan fingerprint density at radius 3 is 2.88 bits per heavy atom. The van der Waals surface area contributed by atoms with Crippen LogP contribution in [-0.4, -0.2) is 41.0 Å². The van der Waals surface area contributed by atoms with Crippen LogP contribution >= 0.6 is 0 Å². The van der Waals surface area contributed by atoms with Crippen molar-refractivity contribution in [2.24, 2.45) is 0 Å². The van der Waals surface area contributed by atoms with Gasteiger partial charge in [-0.25, -0.2) is 4.98 Å². The average Bonchev–Trinajstić information content (AvgIpc) is 2.75. The standard InChI is InChI=1S/C12H24N4/c1-11(2)16(3)9-5-4-6-13-10-12-14-7-8-15-12/h7-8,11,13H,4-6,9-10H2,1-3H3,(H,14,15). The summed E-state index contributed by atoms with van der Waals surface area (Å²) in [6, 6.07) is 0.649. The molecule has 92 valence electrons. The molecule has 2 N–H and O–H groups in total. The summed E-state index contributed by atoms with van der Waals surface area (Å²) in [6.45, 7) is 7.55. The van der Waals surface area contributed by atoms with Gasteiger partial charge in [0.15, 0.2) is 0 Å². The van der Waals surface area contributed by atoms with Gasteiger partial charge in [0.1, 0.15) is 5.82 Å². The van der Waals surface area contributed by atoms with E-state index in [9.17, 15) is 0 Å². The maximum atomic E-state index is 4.16. The number of nitrogens with one attached hydrogen (secondary N) is 2. The van der Waals surface area contributed by atoms with Gasteiger partial charge in [0, 0.05) is 18.4 Å². The minimum atomic E-state index is 0.649. The molecule has 0 aliphatic carbocycles. The maximum absolute atomic E-state index is 4.16. The molecule has 0 aliphatic heterocycles. The van der Waals surface area contributed by atoms with Gasteiger partial charge in [0.05, 0.1) is 6.54 Å². The largest absolute Gasteiger partial charge is 0.348 e. The van der Waals surface area contributed by atoms with E-state index in [0.717, 1.165) is 18.9 Å². The molecular weight excluding hydrogens is 200 g/mol. The number of unbranched alkanes of at least 4 members (excludes halogenated alkanes) is 1. The van der Waals surface area contributed by atoms with Gasteiger partial charge in [0.2, 0.25) is 0 Å². The minimum absolute atomic E-state index is 0.649. The van der Waals surface area contributed by atoms with Gasteiger partial charge in [-0.2, -0.15) is 0 Å². The van der Waals surface area contributed by atoms with Gasteiger partial charge in [-0.15, -0.1) is 0 Å². The lowest BCUT2D eigenvalue weighted by atomic mass is 10.2. The quantitative estimate of drug-likeness (QED) is 0.660. The van der Waals surface area contributed by atoms with Crippen molar-refractivity contribution in [1.29, 1.82) is 0 Å². The Kier molecular flexibility index (Phi) is 6.11. The predicted molar refractivity (Wildman–Crippen MR) is 67.3 cm³/mol. The molecule has 1 rings (SSSR count). The first-order chi connectivity index (χ1) is 7.70. The summed E-state index contributed by atoms with van der Waals surface area (Å²) in [5.74, 6) is 1.01. The van der Waals surface area contributed by atoms with Crippen LogP contribution in [0, 0.1) is 0 Å². The van der Waals surface area contributed by atoms with E-state index in [-0.39, 0.29) is 0 Å². The Labute approximate surface area is 98.5 Å². The van der Waals surface area contributed by atoms with E-state index in [2.05, 4.69) is 41.1 Å². The molecule has 0 aromatic carbocycles. The zero-order valence-corrected chi connectivity index (χ0v) is 10.7. The molecule has 0 unspecified atom stereocenters. The molecule has 0 amide bonds. The van der Waals surface area contributed by atoms with Gasteiger partial charge in [0.25, 0.3) is 0 Å². The van der Waals surface area contributed by atoms with Crippen molar-refractivity contribution < 1.29 is 0 Å². The van der Waals surface area contributed by atoms with Gasteiger partial charge in [-0.3, -0.25) is 0 Å². The third-order valence-electron chi connectivity index (χ3n) is 2.84. The van der Waals surface area contributed by atoms with Crippen LogP contribution in [0.25, 0.3) is 0 Å². The van der Waals surface area contributed by atoms with Crippen LogP contribution in [0.3, 0.4) is 0 Å². The molecule has 0 fully saturated rings. The van der Waals surface area contributed by atoms with E-state index < -0.39 is 0 Å². The molecule has 0 saturated carbocycles. The van der Waals surface area contributed by atoms with E-state index in [1.54, 1.807) is 6.20 Å². The fourth-order valence-electron chi connectivity index (χ4n) is 1.47. The third-order valence-corrected chi connectivity index (χ3v) is 2.84. The maximum Gasteiger partial charge on any atom is 0.120 e. The molecule has 0 atom stereocenters. The summed E-state index contributed by atoms with van der Waals surface area (Å²) >= 11 is 0. The second kappa shape index (κ2) is 7.41. The van der Waals surface area contributed by atoms with Crippen LogP contribution in [0.2, 0.25) is 0 Å². The molecule has 1 heterocycles. The van der Waals surface area contributed by atoms with Crippen LogP contribution in [0.1, 0.15) is 32.5 Å². The molecule has 1 aromatic heterocycles. The Morgan fingerprint density at radius 1 is 1.44 bits per heavy atom. The Morgan fingerprint density at radius 2 is 2.25 bits per heavy atom. The summed E-state index contributed by atoms with van der Waals surface area (Å²) in [7, 11) is 2.18. The normalized spacial score (nSPS) is 11.6. The predicted octanol–water partition coefficient (Wildman–Crippen LogP) is 1.62. The second-order valence-corrected chi connectivity index (χ2v) is 4.49. The van der Waals surface area contributed by atoms with Crippen molar-refractivity contribution in [2.75, 3.05) is 20.1 Å². The summed E-state index contributed by atoms with van der Waals surface area (Å²) in [5, 5.41) is 3.38. The number of imidazole rings is 1. The number of nitrogens with zero attached hydrogens (tertiary/aromatic N) is 2. The fourth-order valence-corrected chi connectivity index (χ4v) is 1.47. The van der Waals surface area contributed by atoms with Crippen molar-refractivity contribution in [2.45, 2.75) is 39.3 Å². The van der Waals surface area contributed by atoms with Crippen LogP contribution in [0.4, 0.5) is 0 Å². The van der Waals surface area contributed by atoms with Gasteiger partial charge < -0.3 is 15.2 Å². The van der Waals surface area contributed by atoms with Crippen LogP contribution in [0.15, 0.2) is 12.4 Å². The zero-order chi connectivity index (χ0) is 11.8. The topological polar surface area (TPSA) is 44.0 Å². The molecule has 0 aliphatic rings. The van der Waals surface area contributed by atoms with Crippen LogP contribution < -0.4 is 5.32 Å². The summed E-state index contributed by atoms with van der Waals surface area (Å²) in [5.41, 5.74) is 0. The lowest BCUT2D eigenvalue weighted by molar-refractivity contribution is 0.268. The average molecular weight is 224 g/mol. The van der Waals surface area contributed by atoms with Crippen molar-refractivity contribution in [3.63, 3.8) is 0 Å². The Hall–Kier alpha value is -0.870. The van der Waals surface area contributed by atoms with E-state index in [1.807, 2.05) is 6.20 Å². The first kappa shape index (κ1) is 13.2. The number of aromatic nitrogens is 2. The van der Waals surface area contributed by atoms with Gasteiger partial charge >= 0.3 is 0 Å². The first-order valence-electron chi connectivity index (χ1n) is 6.09. The van der Waals surface area contributed by atoms with Crippen molar-refractivity contribution in [3.05, 3.63) is 18.2 Å². The lowest BCUT2D eigenvalue weighted by Gasteiger charge is -2.20. The van der Waals surface area contributed by atoms with Crippen LogP contribution in [-0.2, 0) is 6.54 Å². The number of hydrogen-bond donors (Lipinski definition) is 2. The molecule has 0 bridgehead atoms. The summed E-state index contributed by atoms with van der Waals surface area (Å²) in [6.07, 6.45) is 6.11. The highest BCUT2D eigenvalue weighted by atomic mass is 15.1. The second-order valence-electron chi connectivity index (χ2n) is 4.49. The van der Waals surface area contributed by atoms with E-state index in [4.69, 9.17) is 0 Å².